The van der Waals surface area contributed by atoms with Gasteiger partial charge in [0.15, 0.2) is 0 Å². The molecule has 0 spiro atoms. The molecule has 0 aromatic heterocycles. The van der Waals surface area contributed by atoms with Crippen LogP contribution in [-0.2, 0) is 27.4 Å². The fraction of sp³-hybridized carbons (Fsp3) is 1.00. The fourth-order valence-electron chi connectivity index (χ4n) is 1.25. The van der Waals surface area contributed by atoms with E-state index in [9.17, 15) is 0 Å². The highest BCUT2D eigenvalue weighted by atomic mass is 31.1. The van der Waals surface area contributed by atoms with E-state index >= 15 is 0 Å². The van der Waals surface area contributed by atoms with E-state index in [0.717, 1.165) is 0 Å². The molecule has 24 nitrogen and oxygen atoms in total. The van der Waals surface area contributed by atoms with Gasteiger partial charge in [-0.1, -0.05) is 0 Å². The van der Waals surface area contributed by atoms with E-state index in [0.29, 0.717) is 0 Å². The van der Waals surface area contributed by atoms with E-state index in [1.54, 1.807) is 0 Å². The van der Waals surface area contributed by atoms with Gasteiger partial charge < -0.3 is 30.6 Å². The first kappa shape index (κ1) is 48.9. The van der Waals surface area contributed by atoms with Crippen LogP contribution in [0.4, 0.5) is 0 Å². The van der Waals surface area contributed by atoms with E-state index < -0.39 is 66.9 Å². The molecule has 0 unspecified atom stereocenters. The van der Waals surface area contributed by atoms with Crippen molar-refractivity contribution in [2.45, 2.75) is 36.6 Å². The molecule has 1 saturated carbocycles. The molecule has 0 aliphatic heterocycles. The van der Waals surface area contributed by atoms with Gasteiger partial charge in [-0.25, -0.2) is 0 Å². The topological polar surface area (TPSA) is 467 Å². The molecule has 0 atom stereocenters. The van der Waals surface area contributed by atoms with Crippen molar-refractivity contribution in [3.63, 3.8) is 0 Å². The molecule has 1 aliphatic carbocycles. The highest BCUT2D eigenvalue weighted by molar-refractivity contribution is 7.31. The predicted octanol–water partition coefficient (Wildman–Crippen LogP) is -5.02. The molecule has 0 bridgehead atoms. The van der Waals surface area contributed by atoms with Crippen molar-refractivity contribution in [3.8, 4) is 0 Å². The van der Waals surface area contributed by atoms with Gasteiger partial charge in [0.05, 0.1) is 0 Å². The molecule has 0 heterocycles. The molecule has 36 heavy (non-hydrogen) atoms. The summed E-state index contributed by atoms with van der Waals surface area (Å²) in [5.41, 5.74) is 0. The van der Waals surface area contributed by atoms with E-state index in [2.05, 4.69) is 0 Å². The lowest BCUT2D eigenvalue weighted by molar-refractivity contribution is -0.466. The smallest absolute Gasteiger partial charge is 0.361 e. The first-order valence-corrected chi connectivity index (χ1v) is 14.0. The van der Waals surface area contributed by atoms with Gasteiger partial charge in [-0.3, -0.25) is 0 Å². The van der Waals surface area contributed by atoms with Crippen LogP contribution in [0.5, 0.6) is 0 Å². The normalized spacial score (nSPS) is 14.8. The zero-order valence-corrected chi connectivity index (χ0v) is 22.2. The molecule has 1 rings (SSSR count). The van der Waals surface area contributed by atoms with Crippen molar-refractivity contribution in [2.75, 3.05) is 0 Å². The summed E-state index contributed by atoms with van der Waals surface area (Å²) in [6.45, 7) is 0. The first-order valence-electron chi connectivity index (χ1n) is 7.04. The van der Waals surface area contributed by atoms with Crippen LogP contribution in [0, 0.1) is 0 Å². The van der Waals surface area contributed by atoms with Gasteiger partial charge in [-0.2, -0.15) is 0 Å². The maximum absolute atomic E-state index is 8.99. The second-order valence-electron chi connectivity index (χ2n) is 4.68. The summed E-state index contributed by atoms with van der Waals surface area (Å²) in [5, 5.41) is 53.9. The summed E-state index contributed by atoms with van der Waals surface area (Å²) in [6, 6.07) is 0. The van der Waals surface area contributed by atoms with Crippen LogP contribution < -0.4 is 0 Å². The number of rotatable bonds is 0. The van der Waals surface area contributed by atoms with Crippen LogP contribution in [-0.4, -0.2) is 107 Å². The summed E-state index contributed by atoms with van der Waals surface area (Å²) < 4.78 is 52.2. The molecule has 0 amide bonds. The lowest BCUT2D eigenvalue weighted by atomic mass is 9.83. The summed E-state index contributed by atoms with van der Waals surface area (Å²) in [6.07, 6.45) is -0.547. The van der Waals surface area contributed by atoms with Crippen LogP contribution >= 0.6 is 49.5 Å². The Kier molecular flexibility index (Phi) is 36.0. The van der Waals surface area contributed by atoms with Crippen LogP contribution in [0.25, 0.3) is 0 Å². The molecule has 18 N–H and O–H groups in total. The first-order chi connectivity index (χ1) is 15.6. The minimum absolute atomic E-state index is 0.0862. The second kappa shape index (κ2) is 26.5. The fourth-order valence-corrected chi connectivity index (χ4v) is 1.25. The Bertz CT molecular complexity index is 539. The van der Waals surface area contributed by atoms with Crippen LogP contribution in [0.2, 0.25) is 0 Å². The van der Waals surface area contributed by atoms with Gasteiger partial charge in [-0.15, -0.1) is 58.7 Å². The average Bonchev–Trinajstić information content (AvgIpc) is 2.49. The molecular formula is C6H24O24P6+6. The molecule has 216 valence electrons. The second-order valence-corrected chi connectivity index (χ2v) is 7.71. The maximum atomic E-state index is 8.99. The SMILES string of the molecule is O=[P+](O)O.O=[P+](O)O.O=[P+](O)O.O=[P+](O)O.O=[P+](O)O.O=[P+](O)O.OC1(O)CCCC(O)(O)C1(O)O. The van der Waals surface area contributed by atoms with E-state index in [-0.39, 0.29) is 19.3 Å². The Labute approximate surface area is 203 Å². The summed E-state index contributed by atoms with van der Waals surface area (Å²) in [5.74, 6) is -9.07. The van der Waals surface area contributed by atoms with Gasteiger partial charge in [0.1, 0.15) is 0 Å². The van der Waals surface area contributed by atoms with E-state index in [1.807, 2.05) is 0 Å². The molecule has 0 aromatic carbocycles. The Hall–Kier alpha value is -0.120. The number of aliphatic hydroxyl groups is 6. The third-order valence-corrected chi connectivity index (χ3v) is 2.17. The molecule has 0 saturated heterocycles. The number of hydrogen-bond donors (Lipinski definition) is 18. The summed E-state index contributed by atoms with van der Waals surface area (Å²) in [7, 11) is -17.2. The van der Waals surface area contributed by atoms with Gasteiger partial charge in [-0.05, 0) is 6.42 Å². The Morgan fingerprint density at radius 3 is 0.556 bits per heavy atom. The van der Waals surface area contributed by atoms with Crippen molar-refractivity contribution in [1.29, 1.82) is 0 Å². The third-order valence-electron chi connectivity index (χ3n) is 2.17. The minimum atomic E-state index is -3.31. The number of hydrogen-bond acceptors (Lipinski definition) is 12. The maximum Gasteiger partial charge on any atom is 0.692 e. The monoisotopic (exact) mass is 666 g/mol. The predicted molar refractivity (Wildman–Crippen MR) is 108 cm³/mol. The molecule has 0 aromatic rings. The molecule has 0 radical (unpaired) electrons. The quantitative estimate of drug-likeness (QED) is 0.0849. The summed E-state index contributed by atoms with van der Waals surface area (Å²) in [4.78, 5) is 85.4. The molecule has 1 aliphatic rings. The van der Waals surface area contributed by atoms with Gasteiger partial charge in [0.2, 0.25) is 11.6 Å². The molecule has 1 fully saturated rings. The van der Waals surface area contributed by atoms with Crippen molar-refractivity contribution >= 4 is 49.5 Å². The Morgan fingerprint density at radius 2 is 0.472 bits per heavy atom. The van der Waals surface area contributed by atoms with Crippen LogP contribution in [0.3, 0.4) is 0 Å². The van der Waals surface area contributed by atoms with Gasteiger partial charge >= 0.3 is 49.5 Å². The lowest BCUT2D eigenvalue weighted by Crippen LogP contribution is -2.70. The Morgan fingerprint density at radius 1 is 0.361 bits per heavy atom. The average molecular weight is 666 g/mol. The van der Waals surface area contributed by atoms with Crippen molar-refractivity contribution in [2.24, 2.45) is 0 Å². The highest BCUT2D eigenvalue weighted by Crippen LogP contribution is 2.39. The standard InChI is InChI=1S/C6H12O6.6HO3P/c7-4(8)2-1-3-5(9,10)6(4,11)12;6*1-4(2)3/h7-12H,1-3H2;6*(H-,1,2,3)/p+6. The van der Waals surface area contributed by atoms with Crippen LogP contribution in [0.1, 0.15) is 19.3 Å². The lowest BCUT2D eigenvalue weighted by Gasteiger charge is -2.46. The van der Waals surface area contributed by atoms with Gasteiger partial charge in [0, 0.05) is 40.2 Å². The van der Waals surface area contributed by atoms with Gasteiger partial charge in [0.25, 0.3) is 5.79 Å². The Balaban J connectivity index is -0.0000000797. The van der Waals surface area contributed by atoms with E-state index in [4.69, 9.17) is 117 Å². The van der Waals surface area contributed by atoms with Crippen LogP contribution in [0.15, 0.2) is 0 Å². The summed E-state index contributed by atoms with van der Waals surface area (Å²) >= 11 is 0. The minimum Gasteiger partial charge on any atom is -0.361 e. The molecular weight excluding hydrogens is 642 g/mol. The largest absolute Gasteiger partial charge is 0.692 e. The van der Waals surface area contributed by atoms with Crippen molar-refractivity contribution in [1.82, 2.24) is 0 Å². The van der Waals surface area contributed by atoms with Crippen molar-refractivity contribution < 1.29 is 117 Å². The zero-order chi connectivity index (χ0) is 31.1. The molecule has 30 heteroatoms. The van der Waals surface area contributed by atoms with Crippen molar-refractivity contribution in [3.05, 3.63) is 0 Å². The zero-order valence-electron chi connectivity index (χ0n) is 16.8. The third kappa shape index (κ3) is 54.7. The van der Waals surface area contributed by atoms with E-state index in [1.165, 1.54) is 0 Å². The highest BCUT2D eigenvalue weighted by Gasteiger charge is 2.63.